The summed E-state index contributed by atoms with van der Waals surface area (Å²) in [6, 6.07) is 0. The first-order valence-corrected chi connectivity index (χ1v) is 7.33. The van der Waals surface area contributed by atoms with Crippen LogP contribution >= 0.6 is 5.69 Å². The maximum absolute atomic E-state index is 4.76. The van der Waals surface area contributed by atoms with E-state index in [0.29, 0.717) is 0 Å². The Kier molecular flexibility index (Phi) is 4.68. The molecule has 0 saturated carbocycles. The summed E-state index contributed by atoms with van der Waals surface area (Å²) in [6.45, 7) is 0. The Morgan fingerprint density at radius 1 is 1.57 bits per heavy atom. The molecule has 0 aromatic carbocycles. The minimum atomic E-state index is -0.772. The molecule has 0 spiro atoms. The monoisotopic (exact) mass is 188 g/mol. The van der Waals surface area contributed by atoms with Gasteiger partial charge in [0.2, 0.25) is 0 Å². The van der Waals surface area contributed by atoms with Crippen LogP contribution < -0.4 is 0 Å². The molecule has 1 unspecified atom stereocenters. The zero-order valence-corrected chi connectivity index (χ0v) is 7.69. The van der Waals surface area contributed by atoms with Gasteiger partial charge in [-0.3, -0.25) is 12.4 Å². The number of hydrogen-bond acceptors (Lipinski definition) is 5. The van der Waals surface area contributed by atoms with Crippen LogP contribution in [0.3, 0.4) is 0 Å². The van der Waals surface area contributed by atoms with Gasteiger partial charge >= 0.3 is 0 Å². The molecule has 0 bridgehead atoms. The van der Waals surface area contributed by atoms with Crippen molar-refractivity contribution >= 4 is 47.5 Å². The van der Waals surface area contributed by atoms with Crippen molar-refractivity contribution in [3.63, 3.8) is 0 Å². The number of hydrogen-bond donors (Lipinski definition) is 0. The highest BCUT2D eigenvalue weighted by atomic mass is 33.4. The molecule has 0 aromatic heterocycles. The van der Waals surface area contributed by atoms with Gasteiger partial charge < -0.3 is 0 Å². The van der Waals surface area contributed by atoms with Crippen molar-refractivity contribution in [1.29, 1.82) is 0 Å². The number of rotatable bonds is 1. The summed E-state index contributed by atoms with van der Waals surface area (Å²) in [5.74, 6) is 0. The van der Waals surface area contributed by atoms with Gasteiger partial charge in [-0.05, 0) is 0 Å². The molecule has 0 rings (SSSR count). The van der Waals surface area contributed by atoms with Gasteiger partial charge in [-0.15, -0.1) is 0 Å². The van der Waals surface area contributed by atoms with Crippen LogP contribution in [0.4, 0.5) is 0 Å². The largest absolute Gasteiger partial charge is 0.287 e. The second-order valence-corrected chi connectivity index (χ2v) is 9.94. The molecule has 0 amide bonds. The first-order chi connectivity index (χ1) is 3.18. The molecule has 0 aliphatic heterocycles. The van der Waals surface area contributed by atoms with Crippen LogP contribution in [0.5, 0.6) is 0 Å². The van der Waals surface area contributed by atoms with Crippen LogP contribution in [0.1, 0.15) is 0 Å². The van der Waals surface area contributed by atoms with Crippen LogP contribution in [0.25, 0.3) is 0 Å². The average Bonchev–Trinajstić information content (AvgIpc) is 1.65. The van der Waals surface area contributed by atoms with E-state index in [9.17, 15) is 0 Å². The summed E-state index contributed by atoms with van der Waals surface area (Å²) < 4.78 is 3.77. The van der Waals surface area contributed by atoms with Crippen LogP contribution in [-0.2, 0) is 41.8 Å². The van der Waals surface area contributed by atoms with Crippen LogP contribution in [0.15, 0.2) is 4.74 Å². The first kappa shape index (κ1) is 8.11. The quantitative estimate of drug-likeness (QED) is 0.453. The molecule has 6 heteroatoms. The Morgan fingerprint density at radius 3 is 2.00 bits per heavy atom. The molecular weight excluding hydrogens is 185 g/mol. The van der Waals surface area contributed by atoms with Crippen LogP contribution in [-0.4, -0.2) is 7.05 Å². The van der Waals surface area contributed by atoms with Gasteiger partial charge in [0.1, 0.15) is 0 Å². The van der Waals surface area contributed by atoms with E-state index >= 15 is 0 Å². The third-order valence-corrected chi connectivity index (χ3v) is 8.20. The van der Waals surface area contributed by atoms with E-state index in [4.69, 9.17) is 11.8 Å². The molecule has 1 nitrogen and oxygen atoms in total. The molecule has 7 heavy (non-hydrogen) atoms. The summed E-state index contributed by atoms with van der Waals surface area (Å²) in [4.78, 5) is 0. The summed E-state index contributed by atoms with van der Waals surface area (Å²) in [5.41, 5.74) is -0.772. The Morgan fingerprint density at radius 2 is 2.00 bits per heavy atom. The Bertz CT molecular complexity index is 176. The molecule has 0 saturated heterocycles. The Labute approximate surface area is 59.2 Å². The second kappa shape index (κ2) is 4.04. The van der Waals surface area contributed by atoms with Crippen molar-refractivity contribution in [3.05, 3.63) is 0 Å². The molecule has 0 fully saturated rings. The van der Waals surface area contributed by atoms with Crippen LogP contribution in [0, 0.1) is 0 Å². The van der Waals surface area contributed by atoms with E-state index in [1.165, 1.54) is 0 Å². The normalized spacial score (nSPS) is 12.6. The molecule has 0 N–H and O–H groups in total. The topological polar surface area (TPSA) is 12.4 Å². The van der Waals surface area contributed by atoms with E-state index in [-0.39, 0.29) is 0 Å². The molecule has 0 heterocycles. The Hall–Kier alpha value is 1.11. The summed E-state index contributed by atoms with van der Waals surface area (Å²) in [7, 11) is 1.18. The van der Waals surface area contributed by atoms with Crippen molar-refractivity contribution in [2.75, 3.05) is 7.05 Å². The van der Waals surface area contributed by atoms with E-state index in [0.717, 1.165) is 0 Å². The SMILES string of the molecule is CN=P(=S)[S-](=S)=S. The molecule has 42 valence electrons. The van der Waals surface area contributed by atoms with Gasteiger partial charge in [-0.2, -0.15) is 0 Å². The Balaban J connectivity index is 4.45. The maximum Gasteiger partial charge on any atom is 0.0305 e. The second-order valence-electron chi connectivity index (χ2n) is 0.655. The van der Waals surface area contributed by atoms with E-state index in [2.05, 4.69) is 27.1 Å². The third kappa shape index (κ3) is 3.67. The molecule has 0 radical (unpaired) electrons. The fourth-order valence-corrected chi connectivity index (χ4v) is 1.80. The highest BCUT2D eigenvalue weighted by Crippen LogP contribution is 2.08. The van der Waals surface area contributed by atoms with Gasteiger partial charge in [0.25, 0.3) is 0 Å². The van der Waals surface area contributed by atoms with E-state index in [1.54, 1.807) is 7.05 Å². The molecule has 1 atom stereocenters. The highest BCUT2D eigenvalue weighted by molar-refractivity contribution is 8.78. The summed E-state index contributed by atoms with van der Waals surface area (Å²) in [5, 5.41) is 0. The molecular formula is CH3NPS4-. The van der Waals surface area contributed by atoms with E-state index in [1.807, 2.05) is 0 Å². The number of nitrogens with zero attached hydrogens (tertiary/aromatic N) is 1. The van der Waals surface area contributed by atoms with Gasteiger partial charge in [-0.1, -0.05) is 17.5 Å². The van der Waals surface area contributed by atoms with Crippen molar-refractivity contribution in [2.45, 2.75) is 0 Å². The lowest BCUT2D eigenvalue weighted by atomic mass is 11.6. The lowest BCUT2D eigenvalue weighted by Crippen LogP contribution is -1.44. The zero-order valence-electron chi connectivity index (χ0n) is 3.53. The molecule has 0 aliphatic rings. The van der Waals surface area contributed by atoms with Gasteiger partial charge in [-0.25, -0.2) is 22.4 Å². The summed E-state index contributed by atoms with van der Waals surface area (Å²) in [6.07, 6.45) is 0. The van der Waals surface area contributed by atoms with Gasteiger partial charge in [0.05, 0.1) is 0 Å². The first-order valence-electron chi connectivity index (χ1n) is 1.35. The predicted molar refractivity (Wildman–Crippen MR) is 44.7 cm³/mol. The summed E-state index contributed by atoms with van der Waals surface area (Å²) >= 11 is 14.1. The van der Waals surface area contributed by atoms with Gasteiger partial charge in [0.15, 0.2) is 0 Å². The molecule has 0 aliphatic carbocycles. The van der Waals surface area contributed by atoms with Gasteiger partial charge in [0, 0.05) is 7.05 Å². The maximum atomic E-state index is 4.76. The minimum absolute atomic E-state index is 0.481. The van der Waals surface area contributed by atoms with Crippen molar-refractivity contribution in [3.8, 4) is 0 Å². The predicted octanol–water partition coefficient (Wildman–Crippen LogP) is 1.20. The standard InChI is InChI=1S/CH3NPS4/c1-2-3(4)7(5)6/h1H3/q-1. The average molecular weight is 188 g/mol. The fraction of sp³-hybridized carbons (Fsp3) is 1.00. The zero-order chi connectivity index (χ0) is 5.86. The van der Waals surface area contributed by atoms with Crippen molar-refractivity contribution in [2.24, 2.45) is 4.74 Å². The van der Waals surface area contributed by atoms with Crippen LogP contribution in [0.2, 0.25) is 0 Å². The van der Waals surface area contributed by atoms with Crippen molar-refractivity contribution < 1.29 is 0 Å². The third-order valence-electron chi connectivity index (χ3n) is 0.291. The lowest BCUT2D eigenvalue weighted by Gasteiger charge is -1.85. The highest BCUT2D eigenvalue weighted by Gasteiger charge is 1.52. The molecule has 0 aromatic rings. The smallest absolute Gasteiger partial charge is 0.0305 e. The van der Waals surface area contributed by atoms with E-state index < -0.39 is 13.3 Å². The fourth-order valence-electron chi connectivity index (χ4n) is 0.0667. The van der Waals surface area contributed by atoms with Crippen molar-refractivity contribution in [1.82, 2.24) is 0 Å². The lowest BCUT2D eigenvalue weighted by molar-refractivity contribution is 1.52. The minimum Gasteiger partial charge on any atom is -0.287 e.